The predicted octanol–water partition coefficient (Wildman–Crippen LogP) is 2.45. The molecule has 0 aliphatic carbocycles. The second-order valence-corrected chi connectivity index (χ2v) is 7.64. The Labute approximate surface area is 155 Å². The number of hydrogen-bond donors (Lipinski definition) is 4. The first-order valence-corrected chi connectivity index (χ1v) is 10.4. The minimum atomic E-state index is -0.305. The molecule has 0 heterocycles. The second-order valence-electron chi connectivity index (χ2n) is 7.64. The van der Waals surface area contributed by atoms with Crippen LogP contribution in [0.4, 0.5) is 0 Å². The Morgan fingerprint density at radius 3 is 0.840 bits per heavy atom. The summed E-state index contributed by atoms with van der Waals surface area (Å²) in [5, 5.41) is 40.1. The van der Waals surface area contributed by atoms with Gasteiger partial charge in [-0.1, -0.05) is 27.7 Å². The average molecular weight is 363 g/mol. The minimum Gasteiger partial charge on any atom is -0.393 e. The summed E-state index contributed by atoms with van der Waals surface area (Å²) in [4.78, 5) is 0. The fourth-order valence-corrected chi connectivity index (χ4v) is 3.18. The third-order valence-corrected chi connectivity index (χ3v) is 5.63. The Kier molecular flexibility index (Phi) is 13.8. The summed E-state index contributed by atoms with van der Waals surface area (Å²) in [7, 11) is 0. The van der Waals surface area contributed by atoms with Crippen LogP contribution in [0.2, 0.25) is 0 Å². The van der Waals surface area contributed by atoms with Crippen molar-refractivity contribution in [1.29, 1.82) is 0 Å². The topological polar surface area (TPSA) is 80.9 Å². The van der Waals surface area contributed by atoms with Gasteiger partial charge in [0.25, 0.3) is 0 Å². The monoisotopic (exact) mass is 362 g/mol. The van der Waals surface area contributed by atoms with Crippen LogP contribution in [0.3, 0.4) is 0 Å². The Morgan fingerprint density at radius 1 is 0.480 bits per heavy atom. The molecule has 4 N–H and O–H groups in total. The SMILES string of the molecule is CCC(O)CC[N+](CCC(O)CC)(CCC(O)CC)CCC(O)CC. The Bertz CT molecular complexity index is 253. The van der Waals surface area contributed by atoms with E-state index >= 15 is 0 Å². The maximum absolute atomic E-state index is 10.0. The van der Waals surface area contributed by atoms with Crippen molar-refractivity contribution in [2.75, 3.05) is 26.2 Å². The van der Waals surface area contributed by atoms with E-state index in [-0.39, 0.29) is 24.4 Å². The fraction of sp³-hybridized carbons (Fsp3) is 1.00. The highest BCUT2D eigenvalue weighted by Gasteiger charge is 2.30. The smallest absolute Gasteiger partial charge is 0.0811 e. The lowest BCUT2D eigenvalue weighted by Gasteiger charge is -2.41. The van der Waals surface area contributed by atoms with Gasteiger partial charge in [-0.15, -0.1) is 0 Å². The van der Waals surface area contributed by atoms with Gasteiger partial charge >= 0.3 is 0 Å². The maximum atomic E-state index is 10.0. The Balaban J connectivity index is 5.11. The molecule has 4 atom stereocenters. The molecule has 0 saturated heterocycles. The number of aliphatic hydroxyl groups is 4. The molecule has 0 fully saturated rings. The molecule has 5 nitrogen and oxygen atoms in total. The van der Waals surface area contributed by atoms with Crippen molar-refractivity contribution in [3.05, 3.63) is 0 Å². The van der Waals surface area contributed by atoms with E-state index in [4.69, 9.17) is 0 Å². The van der Waals surface area contributed by atoms with Gasteiger partial charge in [0.1, 0.15) is 0 Å². The molecule has 0 spiro atoms. The Hall–Kier alpha value is -0.200. The first kappa shape index (κ1) is 24.8. The molecule has 0 amide bonds. The number of quaternary nitrogens is 1. The van der Waals surface area contributed by atoms with Crippen molar-refractivity contribution >= 4 is 0 Å². The van der Waals surface area contributed by atoms with Crippen molar-refractivity contribution in [2.45, 2.75) is 103 Å². The molecule has 0 aromatic heterocycles. The molecule has 0 rings (SSSR count). The fourth-order valence-electron chi connectivity index (χ4n) is 3.18. The van der Waals surface area contributed by atoms with Crippen LogP contribution in [-0.2, 0) is 0 Å². The number of hydrogen-bond acceptors (Lipinski definition) is 4. The highest BCUT2D eigenvalue weighted by molar-refractivity contribution is 4.62. The molecule has 4 unspecified atom stereocenters. The molecule has 0 aliphatic rings. The standard InChI is InChI=1S/C20H44NO4/c1-5-17(22)9-13-21(14-10-18(23)6-2,15-11-19(24)7-3)16-12-20(25)8-4/h17-20,22-25H,5-16H2,1-4H3/q+1. The summed E-state index contributed by atoms with van der Waals surface area (Å²) in [6.07, 6.45) is 4.65. The molecule has 0 aliphatic heterocycles. The third kappa shape index (κ3) is 11.2. The zero-order valence-electron chi connectivity index (χ0n) is 17.0. The zero-order valence-corrected chi connectivity index (χ0v) is 17.0. The minimum absolute atomic E-state index is 0.305. The molecule has 0 bridgehead atoms. The van der Waals surface area contributed by atoms with Crippen molar-refractivity contribution in [3.63, 3.8) is 0 Å². The number of nitrogens with zero attached hydrogens (tertiary/aromatic N) is 1. The van der Waals surface area contributed by atoms with Gasteiger partial charge in [0, 0.05) is 25.7 Å². The first-order chi connectivity index (χ1) is 11.8. The van der Waals surface area contributed by atoms with Crippen molar-refractivity contribution in [1.82, 2.24) is 0 Å². The highest BCUT2D eigenvalue weighted by Crippen LogP contribution is 2.19. The van der Waals surface area contributed by atoms with E-state index in [1.165, 1.54) is 0 Å². The lowest BCUT2D eigenvalue weighted by atomic mass is 10.1. The molecular weight excluding hydrogens is 318 g/mol. The van der Waals surface area contributed by atoms with Crippen molar-refractivity contribution < 1.29 is 24.9 Å². The number of rotatable bonds is 16. The van der Waals surface area contributed by atoms with E-state index in [1.54, 1.807) is 0 Å². The van der Waals surface area contributed by atoms with Crippen LogP contribution in [0, 0.1) is 0 Å². The van der Waals surface area contributed by atoms with Crippen LogP contribution in [0.25, 0.3) is 0 Å². The predicted molar refractivity (Wildman–Crippen MR) is 103 cm³/mol. The summed E-state index contributed by atoms with van der Waals surface area (Å²) in [6, 6.07) is 0. The van der Waals surface area contributed by atoms with Gasteiger partial charge in [-0.2, -0.15) is 0 Å². The highest BCUT2D eigenvalue weighted by atomic mass is 16.3. The van der Waals surface area contributed by atoms with Gasteiger partial charge in [-0.25, -0.2) is 0 Å². The van der Waals surface area contributed by atoms with E-state index < -0.39 is 0 Å². The molecule has 0 aromatic carbocycles. The van der Waals surface area contributed by atoms with Crippen molar-refractivity contribution in [2.24, 2.45) is 0 Å². The number of aliphatic hydroxyl groups excluding tert-OH is 4. The van der Waals surface area contributed by atoms with E-state index in [1.807, 2.05) is 27.7 Å². The first-order valence-electron chi connectivity index (χ1n) is 10.4. The summed E-state index contributed by atoms with van der Waals surface area (Å²) in [5.41, 5.74) is 0. The average Bonchev–Trinajstić information content (AvgIpc) is 2.65. The third-order valence-electron chi connectivity index (χ3n) is 5.63. The van der Waals surface area contributed by atoms with Gasteiger partial charge in [0.05, 0.1) is 50.6 Å². The van der Waals surface area contributed by atoms with Gasteiger partial charge < -0.3 is 24.9 Å². The van der Waals surface area contributed by atoms with Gasteiger partial charge in [0.15, 0.2) is 0 Å². The van der Waals surface area contributed by atoms with E-state index in [0.717, 1.165) is 82.0 Å². The van der Waals surface area contributed by atoms with Crippen LogP contribution < -0.4 is 0 Å². The molecule has 0 radical (unpaired) electrons. The van der Waals surface area contributed by atoms with Gasteiger partial charge in [-0.05, 0) is 25.7 Å². The normalized spacial score (nSPS) is 19.2. The van der Waals surface area contributed by atoms with Crippen LogP contribution in [0.1, 0.15) is 79.1 Å². The van der Waals surface area contributed by atoms with Crippen LogP contribution in [0.15, 0.2) is 0 Å². The summed E-state index contributed by atoms with van der Waals surface area (Å²) in [6.45, 7) is 11.3. The quantitative estimate of drug-likeness (QED) is 0.318. The van der Waals surface area contributed by atoms with E-state index in [9.17, 15) is 20.4 Å². The Morgan fingerprint density at radius 2 is 0.680 bits per heavy atom. The summed E-state index contributed by atoms with van der Waals surface area (Å²) >= 11 is 0. The maximum Gasteiger partial charge on any atom is 0.0811 e. The molecular formula is C20H44NO4+. The lowest BCUT2D eigenvalue weighted by molar-refractivity contribution is -0.930. The largest absolute Gasteiger partial charge is 0.393 e. The lowest BCUT2D eigenvalue weighted by Crippen LogP contribution is -2.53. The summed E-state index contributed by atoms with van der Waals surface area (Å²) < 4.78 is 0.766. The van der Waals surface area contributed by atoms with Crippen LogP contribution >= 0.6 is 0 Å². The summed E-state index contributed by atoms with van der Waals surface area (Å²) in [5.74, 6) is 0. The van der Waals surface area contributed by atoms with E-state index in [2.05, 4.69) is 0 Å². The van der Waals surface area contributed by atoms with Crippen molar-refractivity contribution in [3.8, 4) is 0 Å². The molecule has 0 saturated carbocycles. The second kappa shape index (κ2) is 13.9. The van der Waals surface area contributed by atoms with Crippen LogP contribution in [-0.4, -0.2) is 75.5 Å². The molecule has 5 heteroatoms. The molecule has 0 aromatic rings. The molecule has 25 heavy (non-hydrogen) atoms. The van der Waals surface area contributed by atoms with Gasteiger partial charge in [-0.3, -0.25) is 0 Å². The van der Waals surface area contributed by atoms with Gasteiger partial charge in [0.2, 0.25) is 0 Å². The van der Waals surface area contributed by atoms with Crippen LogP contribution in [0.5, 0.6) is 0 Å². The molecule has 152 valence electrons. The van der Waals surface area contributed by atoms with E-state index in [0.29, 0.717) is 0 Å². The zero-order chi connectivity index (χ0) is 19.3.